The number of hydrogen-bond acceptors (Lipinski definition) is 3. The van der Waals surface area contributed by atoms with Crippen molar-refractivity contribution in [3.8, 4) is 0 Å². The molecule has 1 heterocycles. The maximum atomic E-state index is 11.6. The van der Waals surface area contributed by atoms with Crippen molar-refractivity contribution in [3.05, 3.63) is 20.8 Å². The van der Waals surface area contributed by atoms with Gasteiger partial charge < -0.3 is 4.90 Å². The van der Waals surface area contributed by atoms with E-state index in [9.17, 15) is 9.59 Å². The lowest BCUT2D eigenvalue weighted by Crippen LogP contribution is -2.40. The van der Waals surface area contributed by atoms with Crippen LogP contribution in [0.5, 0.6) is 0 Å². The zero-order chi connectivity index (χ0) is 12.8. The van der Waals surface area contributed by atoms with Crippen LogP contribution >= 0.6 is 38.9 Å². The molecule has 0 spiro atoms. The zero-order valence-corrected chi connectivity index (χ0v) is 12.4. The topological polar surface area (TPSA) is 49.4 Å². The van der Waals surface area contributed by atoms with Gasteiger partial charge in [0.15, 0.2) is 0 Å². The molecule has 0 aliphatic carbocycles. The number of carbonyl (C=O) groups is 2. The summed E-state index contributed by atoms with van der Waals surface area (Å²) < 4.78 is 1.01. The Morgan fingerprint density at radius 3 is 2.82 bits per heavy atom. The van der Waals surface area contributed by atoms with E-state index >= 15 is 0 Å². The third kappa shape index (κ3) is 5.06. The average Bonchev–Trinajstić information content (AvgIpc) is 2.64. The average molecular weight is 340 g/mol. The van der Waals surface area contributed by atoms with Crippen LogP contribution in [0.15, 0.2) is 15.2 Å². The van der Waals surface area contributed by atoms with Crippen LogP contribution in [0.4, 0.5) is 4.79 Å². The van der Waals surface area contributed by atoms with Gasteiger partial charge in [-0.05, 0) is 32.9 Å². The number of hydrogen-bond donors (Lipinski definition) is 1. The fourth-order valence-electron chi connectivity index (χ4n) is 1.14. The van der Waals surface area contributed by atoms with Crippen LogP contribution in [0.1, 0.15) is 12.0 Å². The summed E-state index contributed by atoms with van der Waals surface area (Å²) in [4.78, 5) is 24.2. The van der Waals surface area contributed by atoms with Gasteiger partial charge >= 0.3 is 6.03 Å². The van der Waals surface area contributed by atoms with Crippen molar-refractivity contribution in [2.24, 2.45) is 0 Å². The fourth-order valence-corrected chi connectivity index (χ4v) is 2.51. The summed E-state index contributed by atoms with van der Waals surface area (Å²) in [6.07, 6.45) is 0.144. The second-order valence-electron chi connectivity index (χ2n) is 3.41. The van der Waals surface area contributed by atoms with Crippen molar-refractivity contribution in [1.29, 1.82) is 0 Å². The number of carbonyl (C=O) groups excluding carboxylic acids is 2. The van der Waals surface area contributed by atoms with Crippen molar-refractivity contribution >= 4 is 50.8 Å². The number of nitrogens with zero attached hydrogens (tertiary/aromatic N) is 1. The lowest BCUT2D eigenvalue weighted by Gasteiger charge is -2.16. The van der Waals surface area contributed by atoms with Crippen molar-refractivity contribution in [2.45, 2.75) is 13.0 Å². The number of imide groups is 1. The van der Waals surface area contributed by atoms with Crippen LogP contribution in [-0.4, -0.2) is 29.8 Å². The number of urea groups is 1. The molecule has 0 aliphatic rings. The van der Waals surface area contributed by atoms with E-state index in [4.69, 9.17) is 11.6 Å². The second-order valence-corrected chi connectivity index (χ2v) is 6.08. The molecular weight excluding hydrogens is 328 g/mol. The Balaban J connectivity index is 2.44. The molecule has 1 aromatic heterocycles. The van der Waals surface area contributed by atoms with Crippen LogP contribution in [-0.2, 0) is 11.3 Å². The number of amides is 3. The SMILES string of the molecule is CN(Cc1csc(Br)c1)C(=O)NC(=O)CCCl. The molecule has 0 saturated heterocycles. The van der Waals surface area contributed by atoms with E-state index in [1.165, 1.54) is 4.90 Å². The molecule has 4 nitrogen and oxygen atoms in total. The van der Waals surface area contributed by atoms with Crippen LogP contribution in [0, 0.1) is 0 Å². The molecule has 0 aliphatic heterocycles. The van der Waals surface area contributed by atoms with Crippen molar-refractivity contribution < 1.29 is 9.59 Å². The quantitative estimate of drug-likeness (QED) is 0.858. The molecule has 1 N–H and O–H groups in total. The van der Waals surface area contributed by atoms with Crippen molar-refractivity contribution in [3.63, 3.8) is 0 Å². The molecule has 0 aromatic carbocycles. The Hall–Kier alpha value is -0.590. The Kier molecular flexibility index (Phi) is 5.94. The highest BCUT2D eigenvalue weighted by molar-refractivity contribution is 9.11. The highest BCUT2D eigenvalue weighted by Crippen LogP contribution is 2.21. The zero-order valence-electron chi connectivity index (χ0n) is 9.20. The van der Waals surface area contributed by atoms with Crippen molar-refractivity contribution in [2.75, 3.05) is 12.9 Å². The number of rotatable bonds is 4. The van der Waals surface area contributed by atoms with Gasteiger partial charge in [0.25, 0.3) is 0 Å². The first-order chi connectivity index (χ1) is 8.02. The van der Waals surface area contributed by atoms with Gasteiger partial charge in [0, 0.05) is 25.9 Å². The standard InChI is InChI=1S/C10H12BrClN2O2S/c1-14(5-7-4-8(11)17-6-7)10(16)13-9(15)2-3-12/h4,6H,2-3,5H2,1H3,(H,13,15,16). The first-order valence-corrected chi connectivity index (χ1v) is 7.07. The number of alkyl halides is 1. The van der Waals surface area contributed by atoms with Gasteiger partial charge in [-0.15, -0.1) is 22.9 Å². The van der Waals surface area contributed by atoms with Crippen LogP contribution in [0.25, 0.3) is 0 Å². The molecule has 0 fully saturated rings. The minimum atomic E-state index is -0.414. The van der Waals surface area contributed by atoms with Gasteiger partial charge in [-0.2, -0.15) is 0 Å². The van der Waals surface area contributed by atoms with Gasteiger partial charge in [-0.3, -0.25) is 10.1 Å². The van der Waals surface area contributed by atoms with E-state index in [0.29, 0.717) is 6.54 Å². The summed E-state index contributed by atoms with van der Waals surface area (Å²) in [6.45, 7) is 0.460. The normalized spacial score (nSPS) is 10.1. The molecule has 0 radical (unpaired) electrons. The largest absolute Gasteiger partial charge is 0.324 e. The van der Waals surface area contributed by atoms with E-state index in [1.54, 1.807) is 18.4 Å². The predicted octanol–water partition coefficient (Wildman–Crippen LogP) is 2.81. The smallest absolute Gasteiger partial charge is 0.323 e. The molecule has 3 amide bonds. The van der Waals surface area contributed by atoms with E-state index < -0.39 is 6.03 Å². The molecule has 1 aromatic rings. The minimum absolute atomic E-state index is 0.144. The van der Waals surface area contributed by atoms with E-state index in [1.807, 2.05) is 11.4 Å². The van der Waals surface area contributed by atoms with Crippen LogP contribution in [0.2, 0.25) is 0 Å². The van der Waals surface area contributed by atoms with Crippen molar-refractivity contribution in [1.82, 2.24) is 10.2 Å². The maximum absolute atomic E-state index is 11.6. The van der Waals surface area contributed by atoms with Crippen LogP contribution in [0.3, 0.4) is 0 Å². The third-order valence-electron chi connectivity index (χ3n) is 1.96. The van der Waals surface area contributed by atoms with E-state index in [0.717, 1.165) is 9.35 Å². The monoisotopic (exact) mass is 338 g/mol. The fraction of sp³-hybridized carbons (Fsp3) is 0.400. The second kappa shape index (κ2) is 6.98. The molecule has 0 atom stereocenters. The van der Waals surface area contributed by atoms with Gasteiger partial charge in [-0.1, -0.05) is 0 Å². The molecule has 7 heteroatoms. The Labute approximate surface area is 117 Å². The van der Waals surface area contributed by atoms with Gasteiger partial charge in [0.05, 0.1) is 3.79 Å². The summed E-state index contributed by atoms with van der Waals surface area (Å²) in [5, 5.41) is 4.22. The van der Waals surface area contributed by atoms with E-state index in [-0.39, 0.29) is 18.2 Å². The van der Waals surface area contributed by atoms with Gasteiger partial charge in [0.2, 0.25) is 5.91 Å². The Morgan fingerprint density at radius 2 is 2.29 bits per heavy atom. The molecule has 0 unspecified atom stereocenters. The molecule has 94 valence electrons. The molecule has 1 rings (SSSR count). The Bertz CT molecular complexity index is 411. The lowest BCUT2D eigenvalue weighted by molar-refractivity contribution is -0.119. The first-order valence-electron chi connectivity index (χ1n) is 4.86. The number of halogens is 2. The Morgan fingerprint density at radius 1 is 1.59 bits per heavy atom. The molecule has 0 saturated carbocycles. The third-order valence-corrected chi connectivity index (χ3v) is 3.70. The summed E-state index contributed by atoms with van der Waals surface area (Å²) >= 11 is 10.3. The first kappa shape index (κ1) is 14.5. The highest BCUT2D eigenvalue weighted by atomic mass is 79.9. The molecule has 0 bridgehead atoms. The number of nitrogens with one attached hydrogen (secondary N) is 1. The summed E-state index contributed by atoms with van der Waals surface area (Å²) in [7, 11) is 1.63. The number of thiophene rings is 1. The molecule has 17 heavy (non-hydrogen) atoms. The lowest BCUT2D eigenvalue weighted by atomic mass is 10.3. The van der Waals surface area contributed by atoms with Gasteiger partial charge in [0.1, 0.15) is 0 Å². The van der Waals surface area contributed by atoms with Crippen LogP contribution < -0.4 is 5.32 Å². The summed E-state index contributed by atoms with van der Waals surface area (Å²) in [5.41, 5.74) is 1.02. The molecular formula is C10H12BrClN2O2S. The summed E-state index contributed by atoms with van der Waals surface area (Å²) in [6, 6.07) is 1.53. The van der Waals surface area contributed by atoms with E-state index in [2.05, 4.69) is 21.2 Å². The minimum Gasteiger partial charge on any atom is -0.323 e. The highest BCUT2D eigenvalue weighted by Gasteiger charge is 2.12. The predicted molar refractivity (Wildman–Crippen MR) is 72.4 cm³/mol. The maximum Gasteiger partial charge on any atom is 0.324 e. The summed E-state index contributed by atoms with van der Waals surface area (Å²) in [5.74, 6) is -0.149. The van der Waals surface area contributed by atoms with Gasteiger partial charge in [-0.25, -0.2) is 4.79 Å².